The number of esters is 1. The van der Waals surface area contributed by atoms with Crippen LogP contribution in [0.4, 0.5) is 4.79 Å². The Bertz CT molecular complexity index is 595. The summed E-state index contributed by atoms with van der Waals surface area (Å²) >= 11 is 1.41. The second-order valence-electron chi connectivity index (χ2n) is 4.67. The lowest BCUT2D eigenvalue weighted by Gasteiger charge is -2.24. The van der Waals surface area contributed by atoms with Crippen LogP contribution < -0.4 is 0 Å². The molecule has 2 bridgehead atoms. The van der Waals surface area contributed by atoms with E-state index >= 15 is 0 Å². The number of rotatable bonds is 3. The van der Waals surface area contributed by atoms with Crippen LogP contribution in [0.25, 0.3) is 5.57 Å². The lowest BCUT2D eigenvalue weighted by molar-refractivity contribution is 0.0594. The number of likely N-dealkylation sites (N-methyl/N-ethyl adjacent to an activating group) is 1. The van der Waals surface area contributed by atoms with E-state index in [-0.39, 0.29) is 12.1 Å². The Morgan fingerprint density at radius 2 is 2.40 bits per heavy atom. The van der Waals surface area contributed by atoms with E-state index in [1.54, 1.807) is 5.51 Å². The van der Waals surface area contributed by atoms with Gasteiger partial charge in [-0.3, -0.25) is 0 Å². The first kappa shape index (κ1) is 13.1. The van der Waals surface area contributed by atoms with Gasteiger partial charge in [-0.15, -0.1) is 11.3 Å². The minimum Gasteiger partial charge on any atom is -0.464 e. The maximum atomic E-state index is 12.1. The quantitative estimate of drug-likeness (QED) is 0.791. The summed E-state index contributed by atoms with van der Waals surface area (Å²) in [5, 5.41) is 0. The predicted octanol–water partition coefficient (Wildman–Crippen LogP) is 1.45. The lowest BCUT2D eigenvalue weighted by atomic mass is 10.0. The number of hydrogen-bond donors (Lipinski definition) is 0. The van der Waals surface area contributed by atoms with E-state index in [2.05, 4.69) is 4.98 Å². The number of ether oxygens (including phenoxy) is 1. The van der Waals surface area contributed by atoms with Crippen molar-refractivity contribution >= 4 is 28.9 Å². The Morgan fingerprint density at radius 3 is 3.10 bits per heavy atom. The van der Waals surface area contributed by atoms with E-state index in [0.717, 1.165) is 10.5 Å². The second-order valence-corrected chi connectivity index (χ2v) is 5.53. The fourth-order valence-electron chi connectivity index (χ4n) is 2.76. The molecular weight excluding hydrogens is 278 g/mol. The highest BCUT2D eigenvalue weighted by Gasteiger charge is 2.42. The molecule has 1 aromatic rings. The van der Waals surface area contributed by atoms with Gasteiger partial charge in [-0.05, 0) is 12.5 Å². The average molecular weight is 293 g/mol. The molecule has 0 aliphatic carbocycles. The molecular formula is C13H15N3O3S. The molecule has 20 heavy (non-hydrogen) atoms. The van der Waals surface area contributed by atoms with Crippen molar-refractivity contribution in [2.24, 2.45) is 0 Å². The number of carbonyl (C=O) groups excluding carboxylic acids is 2. The third kappa shape index (κ3) is 1.81. The van der Waals surface area contributed by atoms with Crippen LogP contribution in [-0.4, -0.2) is 59.6 Å². The van der Waals surface area contributed by atoms with Gasteiger partial charge in [0.1, 0.15) is 0 Å². The van der Waals surface area contributed by atoms with E-state index in [4.69, 9.17) is 4.74 Å². The molecule has 0 saturated carbocycles. The van der Waals surface area contributed by atoms with Crippen LogP contribution in [0.3, 0.4) is 0 Å². The van der Waals surface area contributed by atoms with Crippen LogP contribution in [-0.2, 0) is 4.74 Å². The molecule has 0 spiro atoms. The predicted molar refractivity (Wildman–Crippen MR) is 74.6 cm³/mol. The standard InChI is InChI=1S/C13H15N3O3S/c1-3-16-9-6-15(13(16)18)5-4-8(9)11-10(12(17)19-2)14-7-20-11/h4,7,9H,3,5-6H2,1-2H3. The van der Waals surface area contributed by atoms with Gasteiger partial charge in [0.15, 0.2) is 5.69 Å². The van der Waals surface area contributed by atoms with Gasteiger partial charge in [0, 0.05) is 19.6 Å². The maximum Gasteiger partial charge on any atom is 0.358 e. The van der Waals surface area contributed by atoms with Gasteiger partial charge in [-0.25, -0.2) is 14.6 Å². The highest BCUT2D eigenvalue weighted by atomic mass is 32.1. The zero-order chi connectivity index (χ0) is 14.3. The van der Waals surface area contributed by atoms with Crippen LogP contribution in [0.2, 0.25) is 0 Å². The van der Waals surface area contributed by atoms with E-state index in [0.29, 0.717) is 25.3 Å². The van der Waals surface area contributed by atoms with E-state index in [9.17, 15) is 9.59 Å². The van der Waals surface area contributed by atoms with Crippen LogP contribution in [0.1, 0.15) is 22.3 Å². The zero-order valence-corrected chi connectivity index (χ0v) is 12.1. The molecule has 3 heterocycles. The fraction of sp³-hybridized carbons (Fsp3) is 0.462. The minimum atomic E-state index is -0.433. The summed E-state index contributed by atoms with van der Waals surface area (Å²) in [6.07, 6.45) is 2.02. The summed E-state index contributed by atoms with van der Waals surface area (Å²) in [7, 11) is 1.35. The number of fused-ring (bicyclic) bond motifs is 2. The normalized spacial score (nSPS) is 21.2. The lowest BCUT2D eigenvalue weighted by Crippen LogP contribution is -2.34. The van der Waals surface area contributed by atoms with Gasteiger partial charge >= 0.3 is 12.0 Å². The molecule has 106 valence electrons. The highest BCUT2D eigenvalue weighted by Crippen LogP contribution is 2.35. The molecule has 2 amide bonds. The first-order valence-electron chi connectivity index (χ1n) is 6.45. The molecule has 1 unspecified atom stereocenters. The van der Waals surface area contributed by atoms with Gasteiger partial charge < -0.3 is 14.5 Å². The van der Waals surface area contributed by atoms with E-state index in [1.807, 2.05) is 22.8 Å². The van der Waals surface area contributed by atoms with Gasteiger partial charge in [0.05, 0.1) is 23.5 Å². The summed E-state index contributed by atoms with van der Waals surface area (Å²) in [6.45, 7) is 3.88. The molecule has 6 nitrogen and oxygen atoms in total. The van der Waals surface area contributed by atoms with Crippen molar-refractivity contribution in [3.05, 3.63) is 22.2 Å². The Labute approximate surface area is 120 Å². The van der Waals surface area contributed by atoms with Gasteiger partial charge in [-0.1, -0.05) is 6.08 Å². The molecule has 2 aliphatic heterocycles. The molecule has 7 heteroatoms. The summed E-state index contributed by atoms with van der Waals surface area (Å²) in [5.74, 6) is -0.433. The molecule has 0 aromatic carbocycles. The van der Waals surface area contributed by atoms with Gasteiger partial charge in [-0.2, -0.15) is 0 Å². The Morgan fingerprint density at radius 1 is 1.60 bits per heavy atom. The molecule has 1 fully saturated rings. The summed E-state index contributed by atoms with van der Waals surface area (Å²) in [5.41, 5.74) is 2.99. The number of thiazole rings is 1. The molecule has 3 rings (SSSR count). The number of methoxy groups -OCH3 is 1. The number of hydrogen-bond acceptors (Lipinski definition) is 5. The van der Waals surface area contributed by atoms with Crippen molar-refractivity contribution in [2.75, 3.05) is 26.7 Å². The molecule has 1 aromatic heterocycles. The van der Waals surface area contributed by atoms with Crippen LogP contribution in [0, 0.1) is 0 Å². The SMILES string of the molecule is CCN1C(=O)N2CC=C(c3scnc3C(=O)OC)C1C2. The summed E-state index contributed by atoms with van der Waals surface area (Å²) in [6, 6.07) is 0.0676. The molecule has 2 aliphatic rings. The minimum absolute atomic E-state index is 0.00473. The largest absolute Gasteiger partial charge is 0.464 e. The molecule has 0 N–H and O–H groups in total. The third-order valence-electron chi connectivity index (χ3n) is 3.73. The van der Waals surface area contributed by atoms with Crippen LogP contribution >= 0.6 is 11.3 Å². The Hall–Kier alpha value is -1.89. The first-order valence-corrected chi connectivity index (χ1v) is 7.33. The van der Waals surface area contributed by atoms with Crippen molar-refractivity contribution in [1.29, 1.82) is 0 Å². The molecule has 1 saturated heterocycles. The second kappa shape index (κ2) is 4.90. The highest BCUT2D eigenvalue weighted by molar-refractivity contribution is 7.11. The van der Waals surface area contributed by atoms with Crippen molar-refractivity contribution in [1.82, 2.24) is 14.8 Å². The number of amides is 2. The Balaban J connectivity index is 1.99. The monoisotopic (exact) mass is 293 g/mol. The topological polar surface area (TPSA) is 62.7 Å². The van der Waals surface area contributed by atoms with Gasteiger partial charge in [0.25, 0.3) is 0 Å². The zero-order valence-electron chi connectivity index (χ0n) is 11.3. The summed E-state index contributed by atoms with van der Waals surface area (Å²) in [4.78, 5) is 32.4. The number of aromatic nitrogens is 1. The molecule has 1 atom stereocenters. The van der Waals surface area contributed by atoms with E-state index < -0.39 is 5.97 Å². The summed E-state index contributed by atoms with van der Waals surface area (Å²) < 4.78 is 4.77. The fourth-order valence-corrected chi connectivity index (χ4v) is 3.62. The van der Waals surface area contributed by atoms with Crippen molar-refractivity contribution in [2.45, 2.75) is 13.0 Å². The van der Waals surface area contributed by atoms with Gasteiger partial charge in [0.2, 0.25) is 0 Å². The third-order valence-corrected chi connectivity index (χ3v) is 4.60. The number of carbonyl (C=O) groups is 2. The average Bonchev–Trinajstić information content (AvgIpc) is 3.04. The first-order chi connectivity index (χ1) is 9.67. The molecule has 0 radical (unpaired) electrons. The van der Waals surface area contributed by atoms with Crippen molar-refractivity contribution < 1.29 is 14.3 Å². The van der Waals surface area contributed by atoms with Crippen molar-refractivity contribution in [3.8, 4) is 0 Å². The maximum absolute atomic E-state index is 12.1. The van der Waals surface area contributed by atoms with E-state index in [1.165, 1.54) is 18.4 Å². The van der Waals surface area contributed by atoms with Crippen LogP contribution in [0.15, 0.2) is 11.6 Å². The smallest absolute Gasteiger partial charge is 0.358 e. The number of urea groups is 1. The van der Waals surface area contributed by atoms with Crippen LogP contribution in [0.5, 0.6) is 0 Å². The Kier molecular flexibility index (Phi) is 3.21. The van der Waals surface area contributed by atoms with Crippen molar-refractivity contribution in [3.63, 3.8) is 0 Å². The number of nitrogens with zero attached hydrogens (tertiary/aromatic N) is 3.